The number of anilines is 2. The Hall–Kier alpha value is -4.81. The summed E-state index contributed by atoms with van der Waals surface area (Å²) in [5.41, 5.74) is 1.32. The molecule has 3 aromatic rings. The average molecular weight is 592 g/mol. The van der Waals surface area contributed by atoms with E-state index in [0.29, 0.717) is 29.2 Å². The van der Waals surface area contributed by atoms with Gasteiger partial charge in [0, 0.05) is 60.2 Å². The van der Waals surface area contributed by atoms with Gasteiger partial charge in [-0.1, -0.05) is 6.07 Å². The summed E-state index contributed by atoms with van der Waals surface area (Å²) in [6, 6.07) is 12.1. The second-order valence-electron chi connectivity index (χ2n) is 9.13. The average Bonchev–Trinajstić information content (AvgIpc) is 3.36. The molecule has 0 spiro atoms. The van der Waals surface area contributed by atoms with E-state index in [-0.39, 0.29) is 48.7 Å². The van der Waals surface area contributed by atoms with Crippen LogP contribution in [0.4, 0.5) is 28.9 Å². The van der Waals surface area contributed by atoms with Crippen LogP contribution in [0.2, 0.25) is 0 Å². The molecule has 1 heterocycles. The minimum atomic E-state index is -4.91. The van der Waals surface area contributed by atoms with Crippen molar-refractivity contribution in [3.63, 3.8) is 0 Å². The lowest BCUT2D eigenvalue weighted by Gasteiger charge is -2.32. The number of hydrogen-bond donors (Lipinski definition) is 2. The van der Waals surface area contributed by atoms with Crippen molar-refractivity contribution in [3.05, 3.63) is 77.4 Å². The van der Waals surface area contributed by atoms with Crippen molar-refractivity contribution >= 4 is 23.0 Å². The third kappa shape index (κ3) is 7.47. The Labute approximate surface area is 238 Å². The molecular formula is C29H27F4N2O7-. The zero-order valence-electron chi connectivity index (χ0n) is 22.6. The molecule has 9 nitrogen and oxygen atoms in total. The van der Waals surface area contributed by atoms with Gasteiger partial charge in [0.25, 0.3) is 0 Å². The van der Waals surface area contributed by atoms with Gasteiger partial charge in [-0.25, -0.2) is 4.39 Å². The fraction of sp³-hybridized carbons (Fsp3) is 0.276. The van der Waals surface area contributed by atoms with E-state index in [0.717, 1.165) is 18.2 Å². The van der Waals surface area contributed by atoms with Gasteiger partial charge >= 0.3 is 12.3 Å². The maximum absolute atomic E-state index is 14.1. The summed E-state index contributed by atoms with van der Waals surface area (Å²) >= 11 is 0. The Kier molecular flexibility index (Phi) is 9.18. The quantitative estimate of drug-likeness (QED) is 0.168. The van der Waals surface area contributed by atoms with Crippen LogP contribution >= 0.6 is 0 Å². The van der Waals surface area contributed by atoms with E-state index in [1.54, 1.807) is 18.2 Å². The van der Waals surface area contributed by atoms with E-state index in [9.17, 15) is 27.5 Å². The largest absolute Gasteiger partial charge is 0.859 e. The molecule has 3 aromatic carbocycles. The van der Waals surface area contributed by atoms with Gasteiger partial charge in [-0.15, -0.1) is 13.2 Å². The molecular weight excluding hydrogens is 564 g/mol. The summed E-state index contributed by atoms with van der Waals surface area (Å²) in [6.07, 6.45) is -4.36. The number of benzene rings is 3. The molecule has 1 aliphatic rings. The first kappa shape index (κ1) is 30.2. The van der Waals surface area contributed by atoms with Crippen LogP contribution in [-0.2, 0) is 11.2 Å². The maximum Gasteiger partial charge on any atom is 0.573 e. The van der Waals surface area contributed by atoms with Crippen LogP contribution in [0.15, 0.2) is 60.5 Å². The Morgan fingerprint density at radius 3 is 2.48 bits per heavy atom. The Morgan fingerprint density at radius 1 is 1.02 bits per heavy atom. The van der Waals surface area contributed by atoms with Gasteiger partial charge in [0.2, 0.25) is 0 Å². The second kappa shape index (κ2) is 12.8. The summed E-state index contributed by atoms with van der Waals surface area (Å²) in [7, 11) is 2.73. The van der Waals surface area contributed by atoms with Crippen LogP contribution < -0.4 is 34.3 Å². The molecule has 224 valence electrons. The third-order valence-corrected chi connectivity index (χ3v) is 6.27. The van der Waals surface area contributed by atoms with Crippen LogP contribution in [0.5, 0.6) is 23.0 Å². The first-order valence-corrected chi connectivity index (χ1v) is 12.7. The Bertz CT molecular complexity index is 1480. The monoisotopic (exact) mass is 591 g/mol. The van der Waals surface area contributed by atoms with Crippen LogP contribution in [0.3, 0.4) is 0 Å². The predicted molar refractivity (Wildman–Crippen MR) is 143 cm³/mol. The highest BCUT2D eigenvalue weighted by molar-refractivity contribution is 5.84. The molecule has 4 rings (SSSR count). The number of nitrogens with one attached hydrogen (secondary N) is 1. The maximum atomic E-state index is 14.1. The Balaban J connectivity index is 1.77. The van der Waals surface area contributed by atoms with Crippen molar-refractivity contribution in [3.8, 4) is 23.0 Å². The van der Waals surface area contributed by atoms with Crippen LogP contribution in [0.25, 0.3) is 5.70 Å². The van der Waals surface area contributed by atoms with E-state index < -0.39 is 29.8 Å². The molecule has 0 unspecified atom stereocenters. The first-order chi connectivity index (χ1) is 20.0. The van der Waals surface area contributed by atoms with Crippen molar-refractivity contribution in [2.24, 2.45) is 0 Å². The minimum absolute atomic E-state index is 0.0347. The molecule has 1 aliphatic heterocycles. The molecule has 0 bridgehead atoms. The molecule has 42 heavy (non-hydrogen) atoms. The summed E-state index contributed by atoms with van der Waals surface area (Å²) in [5.74, 6) is -1.97. The van der Waals surface area contributed by atoms with Gasteiger partial charge < -0.3 is 39.4 Å². The number of ether oxygens (including phenoxy) is 4. The number of nitrogens with zero attached hydrogens (tertiary/aromatic N) is 1. The molecule has 0 fully saturated rings. The van der Waals surface area contributed by atoms with Crippen molar-refractivity contribution in [2.75, 3.05) is 37.6 Å². The molecule has 0 radical (unpaired) electrons. The number of carboxylic acids is 1. The standard InChI is InChI=1S/C29H28F4N2O7/c1-39-21-13-19(14-22(15-21)41-11-3-4-26(36)37)34-27(23-8-6-18(30)12-25(23)40-2)28(38)35-10-9-17-5-7-20(16-24(17)35)42-29(31,32)33/h5-8,12-16,34,38H,3-4,9-11H2,1-2H3,(H,36,37)/p-1/b28-27+. The molecule has 0 aliphatic carbocycles. The minimum Gasteiger partial charge on any atom is -0.859 e. The van der Waals surface area contributed by atoms with Gasteiger partial charge in [-0.3, -0.25) is 4.79 Å². The molecule has 0 saturated carbocycles. The van der Waals surface area contributed by atoms with Gasteiger partial charge in [0.15, 0.2) is 0 Å². The summed E-state index contributed by atoms with van der Waals surface area (Å²) in [4.78, 5) is 12.1. The number of carbonyl (C=O) groups is 1. The van der Waals surface area contributed by atoms with Gasteiger partial charge in [-0.05, 0) is 42.5 Å². The number of aliphatic carboxylic acids is 1. The fourth-order valence-corrected chi connectivity index (χ4v) is 4.41. The topological polar surface area (TPSA) is 113 Å². The zero-order chi connectivity index (χ0) is 30.4. The summed E-state index contributed by atoms with van der Waals surface area (Å²) in [5, 5.41) is 26.0. The molecule has 13 heteroatoms. The van der Waals surface area contributed by atoms with Gasteiger partial charge in [0.1, 0.15) is 28.8 Å². The SMILES string of the molecule is COc1cc(N/C(=C(/[O-])N2CCc3ccc(OC(F)(F)F)cc32)c2ccc(F)cc2OC)cc(OCCCC(=O)O)c1. The number of hydrogen-bond acceptors (Lipinski definition) is 8. The number of carboxylic acid groups (broad SMARTS) is 1. The van der Waals surface area contributed by atoms with E-state index in [4.69, 9.17) is 19.3 Å². The van der Waals surface area contributed by atoms with Crippen LogP contribution in [0, 0.1) is 5.82 Å². The van der Waals surface area contributed by atoms with Crippen molar-refractivity contribution in [1.29, 1.82) is 0 Å². The van der Waals surface area contributed by atoms with E-state index >= 15 is 0 Å². The zero-order valence-corrected chi connectivity index (χ0v) is 22.6. The van der Waals surface area contributed by atoms with Crippen molar-refractivity contribution < 1.29 is 51.5 Å². The molecule has 0 amide bonds. The van der Waals surface area contributed by atoms with Crippen LogP contribution in [0.1, 0.15) is 24.0 Å². The molecule has 0 saturated heterocycles. The lowest BCUT2D eigenvalue weighted by molar-refractivity contribution is -0.303. The van der Waals surface area contributed by atoms with Gasteiger partial charge in [-0.2, -0.15) is 0 Å². The second-order valence-corrected chi connectivity index (χ2v) is 9.13. The highest BCUT2D eigenvalue weighted by atomic mass is 19.4. The van der Waals surface area contributed by atoms with Crippen molar-refractivity contribution in [2.45, 2.75) is 25.6 Å². The van der Waals surface area contributed by atoms with Crippen LogP contribution in [-0.4, -0.2) is 44.8 Å². The summed E-state index contributed by atoms with van der Waals surface area (Å²) < 4.78 is 73.1. The normalized spacial score (nSPS) is 13.2. The number of methoxy groups -OCH3 is 2. The fourth-order valence-electron chi connectivity index (χ4n) is 4.41. The predicted octanol–water partition coefficient (Wildman–Crippen LogP) is 5.15. The smallest absolute Gasteiger partial charge is 0.573 e. The van der Waals surface area contributed by atoms with E-state index in [2.05, 4.69) is 10.1 Å². The first-order valence-electron chi connectivity index (χ1n) is 12.7. The highest BCUT2D eigenvalue weighted by Gasteiger charge is 2.32. The van der Waals surface area contributed by atoms with Crippen molar-refractivity contribution in [1.82, 2.24) is 0 Å². The molecule has 2 N–H and O–H groups in total. The van der Waals surface area contributed by atoms with E-state index in [1.165, 1.54) is 37.3 Å². The number of alkyl halides is 3. The Morgan fingerprint density at radius 2 is 1.79 bits per heavy atom. The number of halogens is 4. The van der Waals surface area contributed by atoms with Gasteiger partial charge in [0.05, 0.1) is 26.5 Å². The molecule has 0 aromatic heterocycles. The number of rotatable bonds is 12. The molecule has 0 atom stereocenters. The summed E-state index contributed by atoms with van der Waals surface area (Å²) in [6.45, 7) is 0.265. The lowest BCUT2D eigenvalue weighted by Crippen LogP contribution is -2.31. The third-order valence-electron chi connectivity index (χ3n) is 6.27. The highest BCUT2D eigenvalue weighted by Crippen LogP contribution is 2.38. The lowest BCUT2D eigenvalue weighted by atomic mass is 10.1. The van der Waals surface area contributed by atoms with E-state index in [1.807, 2.05) is 0 Å². The number of fused-ring (bicyclic) bond motifs is 1.